The lowest BCUT2D eigenvalue weighted by atomic mass is 10.0. The van der Waals surface area contributed by atoms with Gasteiger partial charge in [0.05, 0.1) is 25.5 Å². The number of H-pyrrole nitrogens is 1. The van der Waals surface area contributed by atoms with Crippen molar-refractivity contribution in [3.05, 3.63) is 48.1 Å². The lowest BCUT2D eigenvalue weighted by molar-refractivity contribution is -0.119. The number of nitrogens with zero attached hydrogens (tertiary/aromatic N) is 4. The topological polar surface area (TPSA) is 74.3 Å². The van der Waals surface area contributed by atoms with Crippen LogP contribution in [0.15, 0.2) is 48.1 Å². The average Bonchev–Trinajstić information content (AvgIpc) is 3.50. The van der Waals surface area contributed by atoms with Gasteiger partial charge in [-0.15, -0.1) is 11.8 Å². The number of morpholine rings is 1. The minimum absolute atomic E-state index is 0.115. The van der Waals surface area contributed by atoms with E-state index in [-0.39, 0.29) is 11.9 Å². The third-order valence-electron chi connectivity index (χ3n) is 6.26. The van der Waals surface area contributed by atoms with Gasteiger partial charge in [-0.3, -0.25) is 4.79 Å². The van der Waals surface area contributed by atoms with Crippen LogP contribution < -0.4 is 9.80 Å². The van der Waals surface area contributed by atoms with Gasteiger partial charge >= 0.3 is 0 Å². The van der Waals surface area contributed by atoms with E-state index in [1.165, 1.54) is 0 Å². The first kappa shape index (κ1) is 18.9. The van der Waals surface area contributed by atoms with E-state index in [0.717, 1.165) is 40.3 Å². The van der Waals surface area contributed by atoms with Gasteiger partial charge in [0.25, 0.3) is 0 Å². The molecule has 0 saturated carbocycles. The molecule has 1 N–H and O–H groups in total. The minimum atomic E-state index is 0.115. The number of allylic oxidation sites excluding steroid dienone is 1. The Hall–Kier alpha value is -2.84. The summed E-state index contributed by atoms with van der Waals surface area (Å²) >= 11 is 1.77. The van der Waals surface area contributed by atoms with Gasteiger partial charge in [0, 0.05) is 47.9 Å². The molecule has 0 aliphatic carbocycles. The molecule has 31 heavy (non-hydrogen) atoms. The number of rotatable bonds is 3. The monoisotopic (exact) mass is 433 g/mol. The highest BCUT2D eigenvalue weighted by Crippen LogP contribution is 2.38. The largest absolute Gasteiger partial charge is 0.377 e. The van der Waals surface area contributed by atoms with Crippen LogP contribution >= 0.6 is 11.8 Å². The van der Waals surface area contributed by atoms with Crippen LogP contribution in [0.1, 0.15) is 6.42 Å². The molecule has 158 valence electrons. The third-order valence-corrected chi connectivity index (χ3v) is 7.23. The molecule has 0 spiro atoms. The standard InChI is InChI=1S/C23H23N5O2S/c29-21(10-15-5-9-31-14-15)28-12-16-13-30-8-7-27(16)23-20(28)11-25-22(26-23)18-2-1-3-19-17(18)4-6-24-19/h1-6,9,11,15-16,24H,7-8,10,12-14H2. The van der Waals surface area contributed by atoms with Crippen LogP contribution in [0, 0.1) is 5.92 Å². The number of fused-ring (bicyclic) bond motifs is 4. The predicted octanol–water partition coefficient (Wildman–Crippen LogP) is 3.44. The number of anilines is 2. The van der Waals surface area contributed by atoms with Crippen LogP contribution in [-0.2, 0) is 9.53 Å². The van der Waals surface area contributed by atoms with E-state index in [2.05, 4.69) is 21.4 Å². The number of carbonyl (C=O) groups excluding carboxylic acids is 1. The van der Waals surface area contributed by atoms with Gasteiger partial charge in [0.15, 0.2) is 11.6 Å². The van der Waals surface area contributed by atoms with E-state index in [0.29, 0.717) is 37.9 Å². The summed E-state index contributed by atoms with van der Waals surface area (Å²) in [5, 5.41) is 3.19. The summed E-state index contributed by atoms with van der Waals surface area (Å²) in [5.41, 5.74) is 2.85. The lowest BCUT2D eigenvalue weighted by Gasteiger charge is -2.45. The van der Waals surface area contributed by atoms with E-state index >= 15 is 0 Å². The fourth-order valence-corrected chi connectivity index (χ4v) is 5.59. The highest BCUT2D eigenvalue weighted by atomic mass is 32.2. The summed E-state index contributed by atoms with van der Waals surface area (Å²) in [5.74, 6) is 2.92. The molecule has 3 aliphatic rings. The molecular weight excluding hydrogens is 410 g/mol. The van der Waals surface area contributed by atoms with Gasteiger partial charge in [-0.2, -0.15) is 0 Å². The molecule has 2 aromatic heterocycles. The van der Waals surface area contributed by atoms with Crippen molar-refractivity contribution in [2.45, 2.75) is 12.5 Å². The Labute approximate surface area is 184 Å². The van der Waals surface area contributed by atoms with Crippen LogP contribution in [0.3, 0.4) is 0 Å². The van der Waals surface area contributed by atoms with Gasteiger partial charge in [-0.25, -0.2) is 9.97 Å². The molecule has 8 heteroatoms. The molecular formula is C23H23N5O2S. The average molecular weight is 434 g/mol. The molecule has 7 nitrogen and oxygen atoms in total. The number of thioether (sulfide) groups is 1. The number of benzene rings is 1. The Morgan fingerprint density at radius 2 is 2.29 bits per heavy atom. The van der Waals surface area contributed by atoms with Crippen LogP contribution in [0.25, 0.3) is 22.3 Å². The summed E-state index contributed by atoms with van der Waals surface area (Å²) in [6.45, 7) is 2.66. The smallest absolute Gasteiger partial charge is 0.227 e. The second-order valence-corrected chi connectivity index (χ2v) is 9.14. The molecule has 1 aromatic carbocycles. The van der Waals surface area contributed by atoms with Crippen molar-refractivity contribution >= 4 is 40.1 Å². The van der Waals surface area contributed by atoms with Crippen LogP contribution in [0.5, 0.6) is 0 Å². The minimum Gasteiger partial charge on any atom is -0.377 e. The Morgan fingerprint density at radius 3 is 3.19 bits per heavy atom. The van der Waals surface area contributed by atoms with E-state index in [1.807, 2.05) is 41.6 Å². The summed E-state index contributed by atoms with van der Waals surface area (Å²) in [6.07, 6.45) is 6.41. The first-order chi connectivity index (χ1) is 15.3. The number of ether oxygens (including phenoxy) is 1. The van der Waals surface area contributed by atoms with Gasteiger partial charge in [-0.1, -0.05) is 18.2 Å². The molecule has 0 bridgehead atoms. The number of hydrogen-bond donors (Lipinski definition) is 1. The van der Waals surface area contributed by atoms with Crippen molar-refractivity contribution in [3.63, 3.8) is 0 Å². The number of nitrogens with one attached hydrogen (secondary N) is 1. The number of aromatic nitrogens is 3. The summed E-state index contributed by atoms with van der Waals surface area (Å²) in [7, 11) is 0. The molecule has 0 radical (unpaired) electrons. The Morgan fingerprint density at radius 1 is 1.32 bits per heavy atom. The second-order valence-electron chi connectivity index (χ2n) is 8.20. The Balaban J connectivity index is 1.41. The first-order valence-electron chi connectivity index (χ1n) is 10.6. The maximum atomic E-state index is 13.3. The molecule has 3 aromatic rings. The van der Waals surface area contributed by atoms with Gasteiger partial charge in [0.2, 0.25) is 5.91 Å². The molecule has 3 aliphatic heterocycles. The summed E-state index contributed by atoms with van der Waals surface area (Å²) in [4.78, 5) is 30.4. The van der Waals surface area contributed by atoms with Crippen LogP contribution in [0.4, 0.5) is 11.5 Å². The molecule has 2 unspecified atom stereocenters. The van der Waals surface area contributed by atoms with Crippen molar-refractivity contribution in [1.82, 2.24) is 15.0 Å². The maximum Gasteiger partial charge on any atom is 0.227 e. The molecule has 5 heterocycles. The van der Waals surface area contributed by atoms with E-state index in [9.17, 15) is 4.79 Å². The molecule has 6 rings (SSSR count). The SMILES string of the molecule is O=C(CC1C=CSC1)N1CC2COCCN2c2nc(-c3cccc4[nH]ccc34)ncc21. The van der Waals surface area contributed by atoms with E-state index in [1.54, 1.807) is 11.8 Å². The Kier molecular flexibility index (Phi) is 4.69. The van der Waals surface area contributed by atoms with Crippen molar-refractivity contribution < 1.29 is 9.53 Å². The summed E-state index contributed by atoms with van der Waals surface area (Å²) < 4.78 is 5.74. The number of hydrogen-bond acceptors (Lipinski definition) is 6. The predicted molar refractivity (Wildman–Crippen MR) is 123 cm³/mol. The normalized spacial score (nSPS) is 22.6. The zero-order valence-corrected chi connectivity index (χ0v) is 17.8. The molecule has 1 saturated heterocycles. The van der Waals surface area contributed by atoms with Gasteiger partial charge < -0.3 is 19.5 Å². The maximum absolute atomic E-state index is 13.3. The molecule has 2 atom stereocenters. The van der Waals surface area contributed by atoms with Crippen LogP contribution in [-0.4, -0.2) is 59.0 Å². The Bertz CT molecular complexity index is 1180. The number of amides is 1. The van der Waals surface area contributed by atoms with Crippen molar-refractivity contribution in [2.24, 2.45) is 5.92 Å². The van der Waals surface area contributed by atoms with Crippen molar-refractivity contribution in [3.8, 4) is 11.4 Å². The highest BCUT2D eigenvalue weighted by molar-refractivity contribution is 8.02. The van der Waals surface area contributed by atoms with E-state index in [4.69, 9.17) is 14.7 Å². The molecule has 1 amide bonds. The second kappa shape index (κ2) is 7.69. The number of carbonyl (C=O) groups is 1. The first-order valence-corrected chi connectivity index (χ1v) is 11.7. The van der Waals surface area contributed by atoms with Crippen molar-refractivity contribution in [1.29, 1.82) is 0 Å². The molecule has 1 fully saturated rings. The van der Waals surface area contributed by atoms with Gasteiger partial charge in [-0.05, 0) is 23.5 Å². The third kappa shape index (κ3) is 3.30. The lowest BCUT2D eigenvalue weighted by Crippen LogP contribution is -2.57. The fourth-order valence-electron chi connectivity index (χ4n) is 4.67. The zero-order chi connectivity index (χ0) is 20.8. The zero-order valence-electron chi connectivity index (χ0n) is 17.0. The highest BCUT2D eigenvalue weighted by Gasteiger charge is 2.37. The number of aromatic amines is 1. The van der Waals surface area contributed by atoms with Gasteiger partial charge in [0.1, 0.15) is 5.69 Å². The quantitative estimate of drug-likeness (QED) is 0.682. The fraction of sp³-hybridized carbons (Fsp3) is 0.348. The van der Waals surface area contributed by atoms with Crippen LogP contribution in [0.2, 0.25) is 0 Å². The van der Waals surface area contributed by atoms with Crippen molar-refractivity contribution in [2.75, 3.05) is 41.9 Å². The summed E-state index contributed by atoms with van der Waals surface area (Å²) in [6, 6.07) is 8.27. The van der Waals surface area contributed by atoms with E-state index < -0.39 is 0 Å².